The standard InChI is InChI=1S/C39H52N6O5/c1-26-18-30(21-41-34(26)49-5)39-14-11-38(12-15-39,13-16-39)25-44(33-19-28(10-17-40-33)29-20-42-45(22-29)37(2,3)4)35(47)27-6-8-32(9-7-27)50-36(48)43-23-31(46)24-43/h10,17-22,27,31-32,46H,6-9,11-16,23-25H2,1-5H3. The number of ether oxygens (including phenoxy) is 2. The van der Waals surface area contributed by atoms with Crippen molar-refractivity contribution in [3.63, 3.8) is 0 Å². The molecule has 4 heterocycles. The lowest BCUT2D eigenvalue weighted by molar-refractivity contribution is -0.124. The van der Waals surface area contributed by atoms with E-state index in [1.165, 1.54) is 10.5 Å². The van der Waals surface area contributed by atoms with Crippen LogP contribution >= 0.6 is 0 Å². The number of nitrogens with zero attached hydrogens (tertiary/aromatic N) is 6. The summed E-state index contributed by atoms with van der Waals surface area (Å²) in [5.74, 6) is 1.32. The molecule has 50 heavy (non-hydrogen) atoms. The lowest BCUT2D eigenvalue weighted by Gasteiger charge is -2.55. The number of fused-ring (bicyclic) bond motifs is 3. The van der Waals surface area contributed by atoms with Crippen LogP contribution in [-0.2, 0) is 20.5 Å². The van der Waals surface area contributed by atoms with Crippen LogP contribution in [0.25, 0.3) is 11.1 Å². The van der Waals surface area contributed by atoms with Crippen molar-refractivity contribution in [3.05, 3.63) is 54.1 Å². The number of β-amino-alcohol motifs (C(OH)–C–C–N with tert-alkyl or cyclic N) is 1. The molecular formula is C39H52N6O5. The lowest BCUT2D eigenvalue weighted by Crippen LogP contribution is -2.54. The third-order valence-electron chi connectivity index (χ3n) is 12.0. The average Bonchev–Trinajstić information content (AvgIpc) is 3.62. The fourth-order valence-electron chi connectivity index (χ4n) is 8.66. The lowest BCUT2D eigenvalue weighted by atomic mass is 9.52. The molecule has 1 saturated heterocycles. The van der Waals surface area contributed by atoms with Gasteiger partial charge in [0, 0.05) is 42.2 Å². The summed E-state index contributed by atoms with van der Waals surface area (Å²) in [7, 11) is 1.67. The maximum atomic E-state index is 14.6. The number of amides is 2. The van der Waals surface area contributed by atoms with Crippen LogP contribution < -0.4 is 9.64 Å². The van der Waals surface area contributed by atoms with E-state index in [1.807, 2.05) is 34.2 Å². The van der Waals surface area contributed by atoms with Gasteiger partial charge in [0.25, 0.3) is 0 Å². The molecule has 8 rings (SSSR count). The molecule has 1 N–H and O–H groups in total. The molecule has 11 heteroatoms. The maximum Gasteiger partial charge on any atom is 0.410 e. The number of aliphatic hydroxyl groups excluding tert-OH is 1. The Bertz CT molecular complexity index is 1690. The van der Waals surface area contributed by atoms with Gasteiger partial charge in [-0.1, -0.05) is 0 Å². The SMILES string of the molecule is COc1ncc(C23CCC(CN(C(=O)C4CCC(OC(=O)N5CC(O)C5)CC4)c4cc(-c5cnn(C(C)(C)C)c5)ccn4)(CC2)CC3)cc1C. The van der Waals surface area contributed by atoms with Crippen molar-refractivity contribution in [1.82, 2.24) is 24.6 Å². The highest BCUT2D eigenvalue weighted by Gasteiger charge is 2.51. The molecular weight excluding hydrogens is 632 g/mol. The number of aliphatic hydroxyl groups is 1. The maximum absolute atomic E-state index is 14.6. The molecule has 11 nitrogen and oxygen atoms in total. The van der Waals surface area contributed by atoms with Gasteiger partial charge in [0.15, 0.2) is 0 Å². The van der Waals surface area contributed by atoms with E-state index in [2.05, 4.69) is 56.1 Å². The Balaban J connectivity index is 1.10. The molecule has 0 unspecified atom stereocenters. The van der Waals surface area contributed by atoms with Crippen molar-refractivity contribution in [2.45, 2.75) is 115 Å². The number of rotatable bonds is 8. The van der Waals surface area contributed by atoms with Gasteiger partial charge in [-0.25, -0.2) is 14.8 Å². The van der Waals surface area contributed by atoms with Crippen molar-refractivity contribution in [1.29, 1.82) is 0 Å². The van der Waals surface area contributed by atoms with E-state index >= 15 is 0 Å². The van der Waals surface area contributed by atoms with Gasteiger partial charge in [-0.05, 0) is 132 Å². The monoisotopic (exact) mass is 684 g/mol. The van der Waals surface area contributed by atoms with E-state index in [9.17, 15) is 14.7 Å². The quantitative estimate of drug-likeness (QED) is 0.289. The Morgan fingerprint density at radius 3 is 2.28 bits per heavy atom. The van der Waals surface area contributed by atoms with Crippen molar-refractivity contribution >= 4 is 17.8 Å². The van der Waals surface area contributed by atoms with Gasteiger partial charge in [-0.3, -0.25) is 14.4 Å². The smallest absolute Gasteiger partial charge is 0.410 e. The third-order valence-corrected chi connectivity index (χ3v) is 12.0. The van der Waals surface area contributed by atoms with Gasteiger partial charge in [0.2, 0.25) is 11.8 Å². The number of carbonyl (C=O) groups excluding carboxylic acids is 2. The van der Waals surface area contributed by atoms with E-state index in [0.717, 1.165) is 55.2 Å². The minimum absolute atomic E-state index is 0.0235. The first-order valence-electron chi connectivity index (χ1n) is 18.3. The van der Waals surface area contributed by atoms with E-state index in [-0.39, 0.29) is 40.4 Å². The highest BCUT2D eigenvalue weighted by atomic mass is 16.6. The van der Waals surface area contributed by atoms with Crippen LogP contribution in [0, 0.1) is 18.3 Å². The number of hydrogen-bond acceptors (Lipinski definition) is 8. The molecule has 4 saturated carbocycles. The van der Waals surface area contributed by atoms with Gasteiger partial charge < -0.3 is 19.5 Å². The van der Waals surface area contributed by atoms with Gasteiger partial charge in [-0.15, -0.1) is 0 Å². The predicted molar refractivity (Wildman–Crippen MR) is 190 cm³/mol. The molecule has 1 aliphatic heterocycles. The van der Waals surface area contributed by atoms with Gasteiger partial charge in [-0.2, -0.15) is 5.10 Å². The second-order valence-corrected chi connectivity index (χ2v) is 16.4. The molecule has 268 valence electrons. The minimum Gasteiger partial charge on any atom is -0.481 e. The fourth-order valence-corrected chi connectivity index (χ4v) is 8.66. The summed E-state index contributed by atoms with van der Waals surface area (Å²) < 4.78 is 13.2. The highest BCUT2D eigenvalue weighted by Crippen LogP contribution is 2.58. The van der Waals surface area contributed by atoms with E-state index in [0.29, 0.717) is 57.0 Å². The Morgan fingerprint density at radius 2 is 1.68 bits per heavy atom. The molecule has 0 aromatic carbocycles. The van der Waals surface area contributed by atoms with E-state index in [1.54, 1.807) is 7.11 Å². The Hall–Kier alpha value is -3.99. The number of methoxy groups -OCH3 is 1. The van der Waals surface area contributed by atoms with Crippen molar-refractivity contribution < 1.29 is 24.2 Å². The Morgan fingerprint density at radius 1 is 0.980 bits per heavy atom. The average molecular weight is 685 g/mol. The fraction of sp³-hybridized carbons (Fsp3) is 0.615. The predicted octanol–water partition coefficient (Wildman–Crippen LogP) is 6.41. The van der Waals surface area contributed by atoms with Crippen LogP contribution in [0.15, 0.2) is 43.0 Å². The third kappa shape index (κ3) is 6.73. The normalized spacial score (nSPS) is 26.7. The summed E-state index contributed by atoms with van der Waals surface area (Å²) in [6.45, 7) is 9.74. The second kappa shape index (κ2) is 13.3. The molecule has 4 aliphatic carbocycles. The number of likely N-dealkylation sites (tertiary alicyclic amines) is 1. The molecule has 2 bridgehead atoms. The van der Waals surface area contributed by atoms with Crippen LogP contribution in [-0.4, -0.2) is 80.7 Å². The molecule has 3 aromatic rings. The molecule has 5 aliphatic rings. The zero-order valence-corrected chi connectivity index (χ0v) is 30.2. The molecule has 3 aromatic heterocycles. The van der Waals surface area contributed by atoms with E-state index < -0.39 is 6.10 Å². The Kier molecular flexibility index (Phi) is 9.16. The van der Waals surface area contributed by atoms with Crippen LogP contribution in [0.3, 0.4) is 0 Å². The molecule has 2 amide bonds. The Labute approximate surface area is 295 Å². The molecule has 0 spiro atoms. The molecule has 0 atom stereocenters. The summed E-state index contributed by atoms with van der Waals surface area (Å²) in [4.78, 5) is 40.1. The van der Waals surface area contributed by atoms with Crippen LogP contribution in [0.5, 0.6) is 5.88 Å². The van der Waals surface area contributed by atoms with Gasteiger partial charge in [0.05, 0.1) is 38.0 Å². The number of carbonyl (C=O) groups is 2. The van der Waals surface area contributed by atoms with Crippen LogP contribution in [0.1, 0.15) is 96.1 Å². The van der Waals surface area contributed by atoms with Crippen molar-refractivity contribution in [2.24, 2.45) is 11.3 Å². The number of anilines is 1. The number of pyridine rings is 2. The van der Waals surface area contributed by atoms with Crippen LogP contribution in [0.2, 0.25) is 0 Å². The van der Waals surface area contributed by atoms with Crippen molar-refractivity contribution in [3.8, 4) is 17.0 Å². The zero-order valence-electron chi connectivity index (χ0n) is 30.2. The number of hydrogen-bond donors (Lipinski definition) is 1. The van der Waals surface area contributed by atoms with Gasteiger partial charge >= 0.3 is 6.09 Å². The van der Waals surface area contributed by atoms with Crippen LogP contribution in [0.4, 0.5) is 10.6 Å². The van der Waals surface area contributed by atoms with E-state index in [4.69, 9.17) is 14.5 Å². The van der Waals surface area contributed by atoms with Gasteiger partial charge in [0.1, 0.15) is 11.9 Å². The summed E-state index contributed by atoms with van der Waals surface area (Å²) in [6, 6.07) is 6.30. The summed E-state index contributed by atoms with van der Waals surface area (Å²) in [5.41, 5.74) is 4.37. The number of aromatic nitrogens is 4. The van der Waals surface area contributed by atoms with Crippen molar-refractivity contribution in [2.75, 3.05) is 31.6 Å². The topological polar surface area (TPSA) is 123 Å². The summed E-state index contributed by atoms with van der Waals surface area (Å²) in [5, 5.41) is 14.2. The number of aryl methyl sites for hydroxylation is 1. The zero-order chi connectivity index (χ0) is 35.3. The molecule has 0 radical (unpaired) electrons. The highest BCUT2D eigenvalue weighted by molar-refractivity contribution is 5.95. The second-order valence-electron chi connectivity index (χ2n) is 16.4. The molecule has 5 fully saturated rings. The summed E-state index contributed by atoms with van der Waals surface area (Å²) >= 11 is 0. The summed E-state index contributed by atoms with van der Waals surface area (Å²) in [6.07, 6.45) is 15.7. The first kappa shape index (κ1) is 34.5. The minimum atomic E-state index is -0.462. The largest absolute Gasteiger partial charge is 0.481 e. The first-order valence-corrected chi connectivity index (χ1v) is 18.3. The first-order chi connectivity index (χ1) is 23.9.